The van der Waals surface area contributed by atoms with E-state index in [1.54, 1.807) is 6.08 Å². The van der Waals surface area contributed by atoms with Gasteiger partial charge >= 0.3 is 0 Å². The lowest BCUT2D eigenvalue weighted by molar-refractivity contribution is -0.118. The molecule has 1 unspecified atom stereocenters. The van der Waals surface area contributed by atoms with Crippen molar-refractivity contribution < 1.29 is 9.53 Å². The van der Waals surface area contributed by atoms with Gasteiger partial charge in [0.05, 0.1) is 6.10 Å². The van der Waals surface area contributed by atoms with Crippen LogP contribution in [0.2, 0.25) is 0 Å². The monoisotopic (exact) mass is 381 g/mol. The van der Waals surface area contributed by atoms with Crippen molar-refractivity contribution in [2.24, 2.45) is 0 Å². The number of hydrogen-bond donors (Lipinski definition) is 2. The Labute approximate surface area is 162 Å². The van der Waals surface area contributed by atoms with Gasteiger partial charge < -0.3 is 14.6 Å². The Bertz CT molecular complexity index is 942. The average molecular weight is 381 g/mol. The van der Waals surface area contributed by atoms with Crippen LogP contribution in [0.5, 0.6) is 0 Å². The number of carbonyl (C=O) groups is 1. The summed E-state index contributed by atoms with van der Waals surface area (Å²) in [6.45, 7) is 5.64. The Morgan fingerprint density at radius 1 is 1.54 bits per heavy atom. The Balaban J connectivity index is 1.53. The molecule has 2 aliphatic rings. The lowest BCUT2D eigenvalue weighted by atomic mass is 10.1. The second-order valence-electron chi connectivity index (χ2n) is 7.51. The fourth-order valence-electron chi connectivity index (χ4n) is 3.73. The summed E-state index contributed by atoms with van der Waals surface area (Å²) in [5.74, 6) is 0.0293. The number of rotatable bonds is 6. The number of H-pyrrole nitrogens is 1. The zero-order chi connectivity index (χ0) is 19.7. The second-order valence-corrected chi connectivity index (χ2v) is 7.51. The molecule has 2 aromatic rings. The first-order valence-electron chi connectivity index (χ1n) is 9.49. The van der Waals surface area contributed by atoms with E-state index in [2.05, 4.69) is 30.5 Å². The molecule has 0 radical (unpaired) electrons. The summed E-state index contributed by atoms with van der Waals surface area (Å²) < 4.78 is 7.93. The molecule has 1 aliphatic heterocycles. The molecule has 1 aliphatic carbocycles. The van der Waals surface area contributed by atoms with E-state index in [1.165, 1.54) is 0 Å². The Morgan fingerprint density at radius 3 is 2.96 bits per heavy atom. The summed E-state index contributed by atoms with van der Waals surface area (Å²) in [5.41, 5.74) is 2.42. The summed E-state index contributed by atoms with van der Waals surface area (Å²) in [6.07, 6.45) is 5.49. The highest BCUT2D eigenvalue weighted by molar-refractivity contribution is 6.02. The fourth-order valence-corrected chi connectivity index (χ4v) is 3.73. The quantitative estimate of drug-likeness (QED) is 0.578. The van der Waals surface area contributed by atoms with Gasteiger partial charge in [-0.2, -0.15) is 10.5 Å². The van der Waals surface area contributed by atoms with Gasteiger partial charge in [-0.3, -0.25) is 4.79 Å². The van der Waals surface area contributed by atoms with Crippen molar-refractivity contribution in [2.45, 2.75) is 57.7 Å². The zero-order valence-corrected chi connectivity index (χ0v) is 16.0. The molecule has 0 spiro atoms. The highest BCUT2D eigenvalue weighted by Gasteiger charge is 2.49. The van der Waals surface area contributed by atoms with E-state index in [9.17, 15) is 10.1 Å². The van der Waals surface area contributed by atoms with Gasteiger partial charge in [-0.1, -0.05) is 5.21 Å². The molecular formula is C19H23N7O2. The van der Waals surface area contributed by atoms with Crippen molar-refractivity contribution in [1.29, 1.82) is 5.26 Å². The number of aromatic nitrogens is 5. The molecule has 2 N–H and O–H groups in total. The molecule has 1 saturated carbocycles. The van der Waals surface area contributed by atoms with Gasteiger partial charge in [0.25, 0.3) is 5.91 Å². The number of ether oxygens (including phenoxy) is 1. The van der Waals surface area contributed by atoms with Crippen LogP contribution in [-0.2, 0) is 21.6 Å². The molecule has 146 valence electrons. The maximum Gasteiger partial charge on any atom is 0.262 e. The van der Waals surface area contributed by atoms with Crippen LogP contribution < -0.4 is 5.32 Å². The number of hydrogen-bond acceptors (Lipinski definition) is 6. The third-order valence-electron chi connectivity index (χ3n) is 5.56. The van der Waals surface area contributed by atoms with E-state index in [0.29, 0.717) is 5.82 Å². The lowest BCUT2D eigenvalue weighted by Gasteiger charge is -2.15. The number of nitrogens with one attached hydrogen (secondary N) is 2. The SMILES string of the molecule is Cc1cc(/C=C(/C#N)C(=O)NC2(c3nn[nH]n3)CC2)c(C)n1CC1CCCO1. The Hall–Kier alpha value is -2.99. The van der Waals surface area contributed by atoms with Gasteiger partial charge in [0.15, 0.2) is 5.82 Å². The van der Waals surface area contributed by atoms with Gasteiger partial charge in [0.2, 0.25) is 0 Å². The lowest BCUT2D eigenvalue weighted by Crippen LogP contribution is -2.36. The molecule has 2 fully saturated rings. The number of amides is 1. The predicted molar refractivity (Wildman–Crippen MR) is 99.7 cm³/mol. The van der Waals surface area contributed by atoms with Crippen molar-refractivity contribution in [3.8, 4) is 6.07 Å². The van der Waals surface area contributed by atoms with E-state index in [0.717, 1.165) is 55.8 Å². The summed E-state index contributed by atoms with van der Waals surface area (Å²) in [6, 6.07) is 4.03. The van der Waals surface area contributed by atoms with Crippen LogP contribution >= 0.6 is 0 Å². The largest absolute Gasteiger partial charge is 0.376 e. The maximum absolute atomic E-state index is 12.7. The highest BCUT2D eigenvalue weighted by Crippen LogP contribution is 2.43. The molecular weight excluding hydrogens is 358 g/mol. The second kappa shape index (κ2) is 7.20. The Morgan fingerprint density at radius 2 is 2.36 bits per heavy atom. The van der Waals surface area contributed by atoms with E-state index in [-0.39, 0.29) is 11.7 Å². The van der Waals surface area contributed by atoms with Crippen molar-refractivity contribution in [3.63, 3.8) is 0 Å². The van der Waals surface area contributed by atoms with Crippen molar-refractivity contribution in [3.05, 3.63) is 34.4 Å². The summed E-state index contributed by atoms with van der Waals surface area (Å²) in [7, 11) is 0. The summed E-state index contributed by atoms with van der Waals surface area (Å²) in [4.78, 5) is 12.7. The first-order chi connectivity index (χ1) is 13.5. The van der Waals surface area contributed by atoms with Crippen LogP contribution in [0.3, 0.4) is 0 Å². The van der Waals surface area contributed by atoms with Gasteiger partial charge in [-0.15, -0.1) is 10.2 Å². The molecule has 3 heterocycles. The van der Waals surface area contributed by atoms with Crippen molar-refractivity contribution in [1.82, 2.24) is 30.5 Å². The number of carbonyl (C=O) groups excluding carboxylic acids is 1. The maximum atomic E-state index is 12.7. The molecule has 1 saturated heterocycles. The minimum Gasteiger partial charge on any atom is -0.376 e. The normalized spacial score (nSPS) is 20.8. The first kappa shape index (κ1) is 18.4. The third-order valence-corrected chi connectivity index (χ3v) is 5.56. The molecule has 2 aromatic heterocycles. The number of nitrogens with zero attached hydrogens (tertiary/aromatic N) is 5. The molecule has 4 rings (SSSR count). The summed E-state index contributed by atoms with van der Waals surface area (Å²) in [5, 5.41) is 26.3. The third kappa shape index (κ3) is 3.43. The topological polar surface area (TPSA) is 122 Å². The number of aromatic amines is 1. The molecule has 9 heteroatoms. The molecule has 1 atom stereocenters. The van der Waals surface area contributed by atoms with Gasteiger partial charge in [0, 0.05) is 24.5 Å². The van der Waals surface area contributed by atoms with Crippen molar-refractivity contribution in [2.75, 3.05) is 6.61 Å². The van der Waals surface area contributed by atoms with Crippen LogP contribution in [0.4, 0.5) is 0 Å². The van der Waals surface area contributed by atoms with Crippen LogP contribution in [-0.4, -0.2) is 43.8 Å². The minimum absolute atomic E-state index is 0.0622. The van der Waals surface area contributed by atoms with Gasteiger partial charge in [-0.05, 0) is 57.2 Å². The number of nitriles is 1. The van der Waals surface area contributed by atoms with Gasteiger partial charge in [0.1, 0.15) is 17.2 Å². The first-order valence-corrected chi connectivity index (χ1v) is 9.49. The van der Waals surface area contributed by atoms with Crippen molar-refractivity contribution >= 4 is 12.0 Å². The van der Waals surface area contributed by atoms with Crippen LogP contribution in [0.25, 0.3) is 6.08 Å². The highest BCUT2D eigenvalue weighted by atomic mass is 16.5. The van der Waals surface area contributed by atoms with Crippen LogP contribution in [0.1, 0.15) is 48.5 Å². The molecule has 9 nitrogen and oxygen atoms in total. The smallest absolute Gasteiger partial charge is 0.262 e. The van der Waals surface area contributed by atoms with E-state index >= 15 is 0 Å². The van der Waals surface area contributed by atoms with E-state index in [4.69, 9.17) is 4.74 Å². The number of tetrazole rings is 1. The van der Waals surface area contributed by atoms with Crippen LogP contribution in [0, 0.1) is 25.2 Å². The fraction of sp³-hybridized carbons (Fsp3) is 0.526. The van der Waals surface area contributed by atoms with E-state index in [1.807, 2.05) is 26.0 Å². The molecule has 1 amide bonds. The minimum atomic E-state index is -0.614. The van der Waals surface area contributed by atoms with E-state index < -0.39 is 11.4 Å². The molecule has 0 bridgehead atoms. The van der Waals surface area contributed by atoms with Crippen LogP contribution in [0.15, 0.2) is 11.6 Å². The Kier molecular flexibility index (Phi) is 4.73. The zero-order valence-electron chi connectivity index (χ0n) is 16.0. The average Bonchev–Trinajstić information content (AvgIpc) is 3.10. The predicted octanol–water partition coefficient (Wildman–Crippen LogP) is 1.51. The van der Waals surface area contributed by atoms with Gasteiger partial charge in [-0.25, -0.2) is 0 Å². The molecule has 28 heavy (non-hydrogen) atoms. The number of aryl methyl sites for hydroxylation is 1. The molecule has 0 aromatic carbocycles. The standard InChI is InChI=1S/C19H23N7O2/c1-12-8-14(13(2)26(12)11-16-4-3-7-28-16)9-15(10-20)17(27)21-19(5-6-19)18-22-24-25-23-18/h8-9,16H,3-7,11H2,1-2H3,(H,21,27)(H,22,23,24,25)/b15-9-. The summed E-state index contributed by atoms with van der Waals surface area (Å²) >= 11 is 0.